The zero-order valence-corrected chi connectivity index (χ0v) is 9.81. The molecule has 1 heterocycles. The summed E-state index contributed by atoms with van der Waals surface area (Å²) >= 11 is 5.73. The van der Waals surface area contributed by atoms with Gasteiger partial charge in [0.25, 0.3) is 0 Å². The maximum atomic E-state index is 12.6. The summed E-state index contributed by atoms with van der Waals surface area (Å²) in [4.78, 5) is 9.65. The van der Waals surface area contributed by atoms with Crippen molar-refractivity contribution >= 4 is 23.1 Å². The highest BCUT2D eigenvalue weighted by molar-refractivity contribution is 6.28. The summed E-state index contributed by atoms with van der Waals surface area (Å²) in [7, 11) is 0. The Morgan fingerprint density at radius 2 is 1.94 bits per heavy atom. The molecule has 0 spiro atoms. The van der Waals surface area contributed by atoms with Crippen molar-refractivity contribution in [1.29, 1.82) is 0 Å². The quantitative estimate of drug-likeness (QED) is 0.781. The summed E-state index contributed by atoms with van der Waals surface area (Å²) in [5, 5.41) is 0.155. The third kappa shape index (κ3) is 2.91. The van der Waals surface area contributed by atoms with Gasteiger partial charge in [-0.3, -0.25) is 0 Å². The number of rotatable bonds is 4. The van der Waals surface area contributed by atoms with Crippen molar-refractivity contribution in [3.63, 3.8) is 0 Å². The molecule has 0 N–H and O–H groups in total. The summed E-state index contributed by atoms with van der Waals surface area (Å²) in [6.07, 6.45) is 1.55. The Hall–Kier alpha value is -1.68. The number of benzene rings is 1. The van der Waals surface area contributed by atoms with Crippen molar-refractivity contribution < 1.29 is 4.39 Å². The Labute approximate surface area is 104 Å². The fourth-order valence-electron chi connectivity index (χ4n) is 1.54. The van der Waals surface area contributed by atoms with Gasteiger partial charge in [-0.25, -0.2) is 14.4 Å². The maximum absolute atomic E-state index is 12.6. The minimum atomic E-state index is -0.462. The molecule has 0 atom stereocenters. The maximum Gasteiger partial charge on any atom is 0.224 e. The van der Waals surface area contributed by atoms with E-state index in [1.54, 1.807) is 17.2 Å². The Balaban J connectivity index is 2.35. The van der Waals surface area contributed by atoms with Crippen LogP contribution in [0.25, 0.3) is 0 Å². The molecule has 5 heteroatoms. The predicted molar refractivity (Wildman–Crippen MR) is 66.5 cm³/mol. The molecular formula is C12H11ClFN3. The van der Waals surface area contributed by atoms with Crippen LogP contribution in [0.5, 0.6) is 0 Å². The number of aromatic nitrogens is 2. The number of hydrogen-bond donors (Lipinski definition) is 0. The second-order valence-corrected chi connectivity index (χ2v) is 3.70. The normalized spacial score (nSPS) is 10.2. The van der Waals surface area contributed by atoms with Crippen molar-refractivity contribution in [3.8, 4) is 0 Å². The molecule has 2 rings (SSSR count). The fourth-order valence-corrected chi connectivity index (χ4v) is 1.69. The lowest BCUT2D eigenvalue weighted by Gasteiger charge is -2.22. The van der Waals surface area contributed by atoms with E-state index in [2.05, 4.69) is 9.97 Å². The van der Waals surface area contributed by atoms with Gasteiger partial charge in [-0.1, -0.05) is 18.2 Å². The van der Waals surface area contributed by atoms with Crippen LogP contribution in [-0.4, -0.2) is 23.2 Å². The van der Waals surface area contributed by atoms with E-state index in [1.807, 2.05) is 30.3 Å². The Kier molecular flexibility index (Phi) is 3.88. The van der Waals surface area contributed by atoms with Crippen LogP contribution in [0.2, 0.25) is 5.28 Å². The summed E-state index contributed by atoms with van der Waals surface area (Å²) in [5.41, 5.74) is 0.875. The molecule has 1 aromatic carbocycles. The molecule has 0 radical (unpaired) electrons. The van der Waals surface area contributed by atoms with Gasteiger partial charge < -0.3 is 4.90 Å². The predicted octanol–water partition coefficient (Wildman–Crippen LogP) is 3.24. The fraction of sp³-hybridized carbons (Fsp3) is 0.167. The number of hydrogen-bond acceptors (Lipinski definition) is 3. The first-order valence-corrected chi connectivity index (χ1v) is 5.56. The van der Waals surface area contributed by atoms with Gasteiger partial charge in [-0.05, 0) is 29.8 Å². The first-order valence-electron chi connectivity index (χ1n) is 5.18. The average Bonchev–Trinajstić information content (AvgIpc) is 2.37. The first kappa shape index (κ1) is 11.8. The smallest absolute Gasteiger partial charge is 0.224 e. The van der Waals surface area contributed by atoms with Gasteiger partial charge in [0.2, 0.25) is 5.28 Å². The van der Waals surface area contributed by atoms with Crippen LogP contribution in [0.4, 0.5) is 15.9 Å². The zero-order chi connectivity index (χ0) is 12.1. The highest BCUT2D eigenvalue weighted by Gasteiger charge is 2.10. The molecule has 0 aliphatic carbocycles. The molecule has 17 heavy (non-hydrogen) atoms. The number of halogens is 2. The van der Waals surface area contributed by atoms with Gasteiger partial charge >= 0.3 is 0 Å². The van der Waals surface area contributed by atoms with Crippen molar-refractivity contribution in [2.45, 2.75) is 0 Å². The minimum Gasteiger partial charge on any atom is -0.324 e. The monoisotopic (exact) mass is 251 g/mol. The summed E-state index contributed by atoms with van der Waals surface area (Å²) in [6.45, 7) is -0.228. The lowest BCUT2D eigenvalue weighted by molar-refractivity contribution is 0.500. The highest BCUT2D eigenvalue weighted by atomic mass is 35.5. The van der Waals surface area contributed by atoms with Gasteiger partial charge in [0.05, 0.1) is 6.54 Å². The second kappa shape index (κ2) is 5.59. The van der Waals surface area contributed by atoms with Crippen LogP contribution in [0.1, 0.15) is 0 Å². The Morgan fingerprint density at radius 1 is 1.18 bits per heavy atom. The number of anilines is 2. The van der Waals surface area contributed by atoms with Crippen LogP contribution in [0, 0.1) is 0 Å². The van der Waals surface area contributed by atoms with Crippen molar-refractivity contribution in [1.82, 2.24) is 9.97 Å². The first-order chi connectivity index (χ1) is 8.31. The molecule has 0 fully saturated rings. The molecule has 0 saturated heterocycles. The number of nitrogens with zero attached hydrogens (tertiary/aromatic N) is 3. The van der Waals surface area contributed by atoms with Crippen LogP contribution in [0.15, 0.2) is 42.6 Å². The molecule has 1 aromatic heterocycles. The van der Waals surface area contributed by atoms with Crippen LogP contribution in [0.3, 0.4) is 0 Å². The van der Waals surface area contributed by atoms with Crippen molar-refractivity contribution in [3.05, 3.63) is 47.9 Å². The van der Waals surface area contributed by atoms with Crippen LogP contribution in [-0.2, 0) is 0 Å². The van der Waals surface area contributed by atoms with Gasteiger partial charge in [-0.2, -0.15) is 0 Å². The van der Waals surface area contributed by atoms with E-state index in [1.165, 1.54) is 0 Å². The zero-order valence-electron chi connectivity index (χ0n) is 9.05. The van der Waals surface area contributed by atoms with Gasteiger partial charge in [0, 0.05) is 11.9 Å². The van der Waals surface area contributed by atoms with E-state index < -0.39 is 6.67 Å². The molecule has 0 saturated carbocycles. The van der Waals surface area contributed by atoms with E-state index in [-0.39, 0.29) is 11.8 Å². The van der Waals surface area contributed by atoms with E-state index in [4.69, 9.17) is 11.6 Å². The summed E-state index contributed by atoms with van der Waals surface area (Å²) in [5.74, 6) is 0.592. The molecular weight excluding hydrogens is 241 g/mol. The topological polar surface area (TPSA) is 29.0 Å². The number of para-hydroxylation sites is 1. The molecule has 0 aliphatic heterocycles. The minimum absolute atomic E-state index is 0.155. The third-order valence-corrected chi connectivity index (χ3v) is 2.45. The summed E-state index contributed by atoms with van der Waals surface area (Å²) < 4.78 is 12.6. The molecule has 0 bridgehead atoms. The van der Waals surface area contributed by atoms with Gasteiger partial charge in [0.1, 0.15) is 12.5 Å². The van der Waals surface area contributed by atoms with Gasteiger partial charge in [0.15, 0.2) is 0 Å². The molecule has 3 nitrogen and oxygen atoms in total. The van der Waals surface area contributed by atoms with E-state index in [9.17, 15) is 4.39 Å². The lowest BCUT2D eigenvalue weighted by Crippen LogP contribution is -2.20. The molecule has 0 unspecified atom stereocenters. The van der Waals surface area contributed by atoms with Gasteiger partial charge in [-0.15, -0.1) is 0 Å². The van der Waals surface area contributed by atoms with E-state index in [0.717, 1.165) is 5.69 Å². The van der Waals surface area contributed by atoms with E-state index in [0.29, 0.717) is 5.82 Å². The molecule has 0 amide bonds. The third-order valence-electron chi connectivity index (χ3n) is 2.26. The molecule has 0 aliphatic rings. The standard InChI is InChI=1S/C12H11ClFN3/c13-12-15-8-6-11(16-12)17(9-7-14)10-4-2-1-3-5-10/h1-6,8H,7,9H2. The molecule has 2 aromatic rings. The van der Waals surface area contributed by atoms with Crippen LogP contribution < -0.4 is 4.90 Å². The second-order valence-electron chi connectivity index (χ2n) is 3.36. The Morgan fingerprint density at radius 3 is 2.59 bits per heavy atom. The lowest BCUT2D eigenvalue weighted by atomic mass is 10.3. The number of alkyl halides is 1. The van der Waals surface area contributed by atoms with E-state index >= 15 is 0 Å². The van der Waals surface area contributed by atoms with Crippen molar-refractivity contribution in [2.75, 3.05) is 18.1 Å². The van der Waals surface area contributed by atoms with Crippen LogP contribution >= 0.6 is 11.6 Å². The SMILES string of the molecule is FCCN(c1ccccc1)c1ccnc(Cl)n1. The average molecular weight is 252 g/mol. The Bertz CT molecular complexity index is 478. The summed E-state index contributed by atoms with van der Waals surface area (Å²) in [6, 6.07) is 11.2. The van der Waals surface area contributed by atoms with Crippen molar-refractivity contribution in [2.24, 2.45) is 0 Å². The molecule has 88 valence electrons. The highest BCUT2D eigenvalue weighted by Crippen LogP contribution is 2.23. The largest absolute Gasteiger partial charge is 0.324 e.